The molecular formula is C18H29NO3. The third kappa shape index (κ3) is 5.68. The van der Waals surface area contributed by atoms with E-state index in [4.69, 9.17) is 9.47 Å². The zero-order valence-corrected chi connectivity index (χ0v) is 14.3. The van der Waals surface area contributed by atoms with Crippen LogP contribution in [0.2, 0.25) is 0 Å². The van der Waals surface area contributed by atoms with Crippen molar-refractivity contribution in [1.82, 2.24) is 0 Å². The Morgan fingerprint density at radius 3 is 2.32 bits per heavy atom. The number of nitrogens with one attached hydrogen (secondary N) is 1. The van der Waals surface area contributed by atoms with Crippen LogP contribution in [0.5, 0.6) is 5.75 Å². The molecule has 0 aliphatic carbocycles. The summed E-state index contributed by atoms with van der Waals surface area (Å²) in [6, 6.07) is 7.41. The van der Waals surface area contributed by atoms with Crippen LogP contribution in [0, 0.1) is 0 Å². The monoisotopic (exact) mass is 307 g/mol. The van der Waals surface area contributed by atoms with Gasteiger partial charge in [-0.2, -0.15) is 0 Å². The van der Waals surface area contributed by atoms with E-state index < -0.39 is 5.60 Å². The minimum atomic E-state index is -0.775. The van der Waals surface area contributed by atoms with Crippen LogP contribution < -0.4 is 10.1 Å². The second-order valence-electron chi connectivity index (χ2n) is 5.53. The van der Waals surface area contributed by atoms with E-state index in [1.807, 2.05) is 45.0 Å². The minimum absolute atomic E-state index is 0.0883. The molecule has 124 valence electrons. The average Bonchev–Trinajstić information content (AvgIpc) is 2.50. The molecule has 1 N–H and O–H groups in total. The van der Waals surface area contributed by atoms with E-state index in [1.54, 1.807) is 0 Å². The van der Waals surface area contributed by atoms with Crippen molar-refractivity contribution in [2.45, 2.75) is 59.0 Å². The van der Waals surface area contributed by atoms with E-state index >= 15 is 0 Å². The summed E-state index contributed by atoms with van der Waals surface area (Å²) in [6.45, 7) is 9.04. The Labute approximate surface area is 134 Å². The molecule has 4 nitrogen and oxygen atoms in total. The number of anilines is 1. The van der Waals surface area contributed by atoms with Crippen molar-refractivity contribution in [2.75, 3.05) is 18.5 Å². The van der Waals surface area contributed by atoms with Crippen molar-refractivity contribution in [3.8, 4) is 5.75 Å². The van der Waals surface area contributed by atoms with Gasteiger partial charge in [-0.3, -0.25) is 4.79 Å². The molecule has 0 bridgehead atoms. The predicted octanol–water partition coefficient (Wildman–Crippen LogP) is 4.40. The fraction of sp³-hybridized carbons (Fsp3) is 0.611. The second-order valence-corrected chi connectivity index (χ2v) is 5.53. The van der Waals surface area contributed by atoms with Crippen LogP contribution in [-0.4, -0.2) is 24.7 Å². The highest BCUT2D eigenvalue weighted by molar-refractivity contribution is 5.97. The quantitative estimate of drug-likeness (QED) is 0.652. The van der Waals surface area contributed by atoms with Gasteiger partial charge in [-0.25, -0.2) is 0 Å². The number of amides is 1. The summed E-state index contributed by atoms with van der Waals surface area (Å²) in [5.41, 5.74) is -0.0161. The SMILES string of the molecule is CCCCCC(C)(OCC)C(=O)Nc1ccc(OCC)cc1. The smallest absolute Gasteiger partial charge is 0.256 e. The van der Waals surface area contributed by atoms with Crippen LogP contribution in [0.1, 0.15) is 53.4 Å². The van der Waals surface area contributed by atoms with Gasteiger partial charge in [-0.1, -0.05) is 26.2 Å². The maximum atomic E-state index is 12.6. The lowest BCUT2D eigenvalue weighted by atomic mass is 9.96. The van der Waals surface area contributed by atoms with Crippen molar-refractivity contribution in [2.24, 2.45) is 0 Å². The third-order valence-electron chi connectivity index (χ3n) is 3.62. The fourth-order valence-corrected chi connectivity index (χ4v) is 2.35. The summed E-state index contributed by atoms with van der Waals surface area (Å²) < 4.78 is 11.1. The van der Waals surface area contributed by atoms with Crippen LogP contribution in [-0.2, 0) is 9.53 Å². The molecule has 1 amide bonds. The van der Waals surface area contributed by atoms with Crippen molar-refractivity contribution in [3.63, 3.8) is 0 Å². The van der Waals surface area contributed by atoms with Crippen LogP contribution in [0.15, 0.2) is 24.3 Å². The largest absolute Gasteiger partial charge is 0.494 e. The number of unbranched alkanes of at least 4 members (excludes halogenated alkanes) is 2. The molecule has 0 spiro atoms. The highest BCUT2D eigenvalue weighted by Gasteiger charge is 2.33. The fourth-order valence-electron chi connectivity index (χ4n) is 2.35. The van der Waals surface area contributed by atoms with Gasteiger partial charge in [0.15, 0.2) is 0 Å². The summed E-state index contributed by atoms with van der Waals surface area (Å²) in [5, 5.41) is 2.94. The first kappa shape index (κ1) is 18.5. The number of ether oxygens (including phenoxy) is 2. The Morgan fingerprint density at radius 1 is 1.09 bits per heavy atom. The van der Waals surface area contributed by atoms with Gasteiger partial charge in [-0.05, 0) is 51.5 Å². The summed E-state index contributed by atoms with van der Waals surface area (Å²) in [6.07, 6.45) is 3.96. The first-order valence-electron chi connectivity index (χ1n) is 8.24. The molecule has 0 aliphatic rings. The molecule has 1 unspecified atom stereocenters. The zero-order chi connectivity index (χ0) is 16.4. The third-order valence-corrected chi connectivity index (χ3v) is 3.62. The summed E-state index contributed by atoms with van der Waals surface area (Å²) in [4.78, 5) is 12.6. The molecule has 1 aromatic carbocycles. The van der Waals surface area contributed by atoms with Gasteiger partial charge in [0, 0.05) is 12.3 Å². The van der Waals surface area contributed by atoms with Gasteiger partial charge in [0.25, 0.3) is 5.91 Å². The number of hydrogen-bond donors (Lipinski definition) is 1. The molecule has 0 heterocycles. The Morgan fingerprint density at radius 2 is 1.77 bits per heavy atom. The molecule has 4 heteroatoms. The van der Waals surface area contributed by atoms with Crippen molar-refractivity contribution >= 4 is 11.6 Å². The number of benzene rings is 1. The Bertz CT molecular complexity index is 444. The van der Waals surface area contributed by atoms with E-state index in [9.17, 15) is 4.79 Å². The van der Waals surface area contributed by atoms with E-state index in [2.05, 4.69) is 12.2 Å². The lowest BCUT2D eigenvalue weighted by Gasteiger charge is -2.28. The summed E-state index contributed by atoms with van der Waals surface area (Å²) in [7, 11) is 0. The van der Waals surface area contributed by atoms with Gasteiger partial charge in [0.05, 0.1) is 6.61 Å². The molecule has 0 saturated carbocycles. The lowest BCUT2D eigenvalue weighted by molar-refractivity contribution is -0.139. The van der Waals surface area contributed by atoms with Gasteiger partial charge in [0.1, 0.15) is 11.4 Å². The van der Waals surface area contributed by atoms with Crippen LogP contribution in [0.3, 0.4) is 0 Å². The van der Waals surface area contributed by atoms with Crippen molar-refractivity contribution in [1.29, 1.82) is 0 Å². The standard InChI is InChI=1S/C18H29NO3/c1-5-8-9-14-18(4,22-7-3)17(20)19-15-10-12-16(13-11-15)21-6-2/h10-13H,5-9,14H2,1-4H3,(H,19,20). The predicted molar refractivity (Wildman–Crippen MR) is 90.4 cm³/mol. The molecule has 22 heavy (non-hydrogen) atoms. The minimum Gasteiger partial charge on any atom is -0.494 e. The zero-order valence-electron chi connectivity index (χ0n) is 14.3. The first-order chi connectivity index (χ1) is 10.6. The van der Waals surface area contributed by atoms with E-state index in [-0.39, 0.29) is 5.91 Å². The van der Waals surface area contributed by atoms with E-state index in [1.165, 1.54) is 0 Å². The summed E-state index contributed by atoms with van der Waals surface area (Å²) >= 11 is 0. The number of carbonyl (C=O) groups excluding carboxylic acids is 1. The molecule has 1 rings (SSSR count). The Balaban J connectivity index is 2.68. The Kier molecular flexibility index (Phi) is 7.96. The summed E-state index contributed by atoms with van der Waals surface area (Å²) in [5.74, 6) is 0.714. The molecule has 0 aliphatic heterocycles. The lowest BCUT2D eigenvalue weighted by Crippen LogP contribution is -2.42. The first-order valence-corrected chi connectivity index (χ1v) is 8.24. The molecule has 0 radical (unpaired) electrons. The molecule has 0 fully saturated rings. The van der Waals surface area contributed by atoms with E-state index in [0.717, 1.165) is 37.1 Å². The second kappa shape index (κ2) is 9.46. The highest BCUT2D eigenvalue weighted by Crippen LogP contribution is 2.23. The average molecular weight is 307 g/mol. The topological polar surface area (TPSA) is 47.6 Å². The highest BCUT2D eigenvalue weighted by atomic mass is 16.5. The van der Waals surface area contributed by atoms with Gasteiger partial charge >= 0.3 is 0 Å². The van der Waals surface area contributed by atoms with Gasteiger partial charge in [0.2, 0.25) is 0 Å². The van der Waals surface area contributed by atoms with Crippen molar-refractivity contribution < 1.29 is 14.3 Å². The van der Waals surface area contributed by atoms with Gasteiger partial charge < -0.3 is 14.8 Å². The molecule has 0 aromatic heterocycles. The number of rotatable bonds is 10. The Hall–Kier alpha value is -1.55. The molecule has 1 atom stereocenters. The maximum absolute atomic E-state index is 12.6. The molecule has 1 aromatic rings. The molecular weight excluding hydrogens is 278 g/mol. The van der Waals surface area contributed by atoms with Crippen molar-refractivity contribution in [3.05, 3.63) is 24.3 Å². The van der Waals surface area contributed by atoms with Crippen LogP contribution >= 0.6 is 0 Å². The van der Waals surface area contributed by atoms with Crippen LogP contribution in [0.25, 0.3) is 0 Å². The van der Waals surface area contributed by atoms with Gasteiger partial charge in [-0.15, -0.1) is 0 Å². The van der Waals surface area contributed by atoms with E-state index in [0.29, 0.717) is 13.2 Å². The normalized spacial score (nSPS) is 13.5. The number of carbonyl (C=O) groups is 1. The molecule has 0 saturated heterocycles. The van der Waals surface area contributed by atoms with Crippen LogP contribution in [0.4, 0.5) is 5.69 Å². The number of hydrogen-bond acceptors (Lipinski definition) is 3. The maximum Gasteiger partial charge on any atom is 0.256 e.